The zero-order valence-electron chi connectivity index (χ0n) is 19.2. The average Bonchev–Trinajstić information content (AvgIpc) is 2.85. The van der Waals surface area contributed by atoms with Gasteiger partial charge in [-0.05, 0) is 61.0 Å². The zero-order valence-corrected chi connectivity index (χ0v) is 20.0. The van der Waals surface area contributed by atoms with Gasteiger partial charge in [-0.25, -0.2) is 8.42 Å². The molecular formula is C23H24N4O7S. The predicted molar refractivity (Wildman–Crippen MR) is 132 cm³/mol. The Hall–Kier alpha value is -4.32. The maximum atomic E-state index is 13.1. The SMILES string of the molecule is CCOc1ccc(C=NNc2ccc([N+](=O)[O-])cc2S(=O)(=O)Nc2ccc(OC)cc2)cc1OC. The van der Waals surface area contributed by atoms with E-state index in [4.69, 9.17) is 14.2 Å². The Morgan fingerprint density at radius 3 is 2.37 bits per heavy atom. The van der Waals surface area contributed by atoms with Crippen molar-refractivity contribution in [1.29, 1.82) is 0 Å². The van der Waals surface area contributed by atoms with E-state index in [0.717, 1.165) is 6.07 Å². The Bertz CT molecular complexity index is 1330. The lowest BCUT2D eigenvalue weighted by molar-refractivity contribution is -0.385. The van der Waals surface area contributed by atoms with Gasteiger partial charge in [-0.1, -0.05) is 0 Å². The van der Waals surface area contributed by atoms with Crippen molar-refractivity contribution in [3.8, 4) is 17.2 Å². The summed E-state index contributed by atoms with van der Waals surface area (Å²) in [4.78, 5) is 10.2. The fraction of sp³-hybridized carbons (Fsp3) is 0.174. The van der Waals surface area contributed by atoms with Gasteiger partial charge in [-0.3, -0.25) is 20.3 Å². The summed E-state index contributed by atoms with van der Waals surface area (Å²) in [6.45, 7) is 2.34. The number of hydrazone groups is 1. The van der Waals surface area contributed by atoms with Gasteiger partial charge in [0, 0.05) is 17.8 Å². The molecule has 0 spiro atoms. The van der Waals surface area contributed by atoms with Gasteiger partial charge < -0.3 is 14.2 Å². The number of hydrogen-bond donors (Lipinski definition) is 2. The van der Waals surface area contributed by atoms with Crippen LogP contribution < -0.4 is 24.4 Å². The van der Waals surface area contributed by atoms with E-state index in [0.29, 0.717) is 29.4 Å². The molecule has 3 aromatic rings. The van der Waals surface area contributed by atoms with Crippen LogP contribution in [0.25, 0.3) is 0 Å². The lowest BCUT2D eigenvalue weighted by Gasteiger charge is -2.12. The molecule has 0 saturated carbocycles. The molecule has 12 heteroatoms. The molecule has 35 heavy (non-hydrogen) atoms. The van der Waals surface area contributed by atoms with E-state index in [-0.39, 0.29) is 22.0 Å². The number of hydrogen-bond acceptors (Lipinski definition) is 9. The number of methoxy groups -OCH3 is 2. The summed E-state index contributed by atoms with van der Waals surface area (Å²) in [7, 11) is -1.20. The molecule has 0 unspecified atom stereocenters. The number of non-ortho nitro benzene ring substituents is 1. The molecule has 0 bridgehead atoms. The molecule has 184 valence electrons. The van der Waals surface area contributed by atoms with Crippen molar-refractivity contribution in [1.82, 2.24) is 0 Å². The topological polar surface area (TPSA) is 141 Å². The number of nitro groups is 1. The molecular weight excluding hydrogens is 476 g/mol. The second-order valence-electron chi connectivity index (χ2n) is 6.98. The molecule has 0 atom stereocenters. The summed E-state index contributed by atoms with van der Waals surface area (Å²) in [6.07, 6.45) is 1.45. The molecule has 0 aliphatic rings. The molecule has 3 rings (SSSR count). The number of anilines is 2. The second-order valence-corrected chi connectivity index (χ2v) is 8.64. The highest BCUT2D eigenvalue weighted by Gasteiger charge is 2.23. The largest absolute Gasteiger partial charge is 0.497 e. The maximum Gasteiger partial charge on any atom is 0.270 e. The molecule has 0 heterocycles. The molecule has 0 aliphatic carbocycles. The Labute approximate surface area is 202 Å². The molecule has 0 aliphatic heterocycles. The van der Waals surface area contributed by atoms with E-state index in [2.05, 4.69) is 15.2 Å². The first-order valence-electron chi connectivity index (χ1n) is 10.3. The fourth-order valence-corrected chi connectivity index (χ4v) is 4.26. The Balaban J connectivity index is 1.89. The average molecular weight is 501 g/mol. The first-order valence-corrected chi connectivity index (χ1v) is 11.8. The molecule has 0 radical (unpaired) electrons. The van der Waals surface area contributed by atoms with Crippen molar-refractivity contribution < 1.29 is 27.6 Å². The third-order valence-corrected chi connectivity index (χ3v) is 6.12. The van der Waals surface area contributed by atoms with Gasteiger partial charge in [0.15, 0.2) is 11.5 Å². The van der Waals surface area contributed by atoms with E-state index >= 15 is 0 Å². The molecule has 0 aromatic heterocycles. The normalized spacial score (nSPS) is 11.2. The Morgan fingerprint density at radius 1 is 1.00 bits per heavy atom. The maximum absolute atomic E-state index is 13.1. The quantitative estimate of drug-likeness (QED) is 0.226. The van der Waals surface area contributed by atoms with Crippen LogP contribution in [0, 0.1) is 10.1 Å². The van der Waals surface area contributed by atoms with Crippen molar-refractivity contribution in [3.05, 3.63) is 76.3 Å². The van der Waals surface area contributed by atoms with Gasteiger partial charge in [0.05, 0.1) is 37.7 Å². The number of nitrogens with zero attached hydrogens (tertiary/aromatic N) is 2. The minimum Gasteiger partial charge on any atom is -0.497 e. The lowest BCUT2D eigenvalue weighted by atomic mass is 10.2. The highest BCUT2D eigenvalue weighted by atomic mass is 32.2. The van der Waals surface area contributed by atoms with Crippen molar-refractivity contribution >= 4 is 33.3 Å². The van der Waals surface area contributed by atoms with Gasteiger partial charge in [0.2, 0.25) is 0 Å². The third kappa shape index (κ3) is 6.38. The molecule has 3 aromatic carbocycles. The fourth-order valence-electron chi connectivity index (χ4n) is 3.02. The minimum absolute atomic E-state index is 0.0470. The van der Waals surface area contributed by atoms with Crippen LogP contribution in [0.2, 0.25) is 0 Å². The summed E-state index contributed by atoms with van der Waals surface area (Å²) >= 11 is 0. The standard InChI is InChI=1S/C23H24N4O7S/c1-4-34-21-12-5-16(13-22(21)33-3)15-24-25-20-11-8-18(27(28)29)14-23(20)35(30,31)26-17-6-9-19(32-2)10-7-17/h5-15,25-26H,4H2,1-3H3. The zero-order chi connectivity index (χ0) is 25.4. The van der Waals surface area contributed by atoms with Gasteiger partial charge >= 0.3 is 0 Å². The van der Waals surface area contributed by atoms with Crippen LogP contribution in [0.5, 0.6) is 17.2 Å². The van der Waals surface area contributed by atoms with Gasteiger partial charge in [0.1, 0.15) is 10.6 Å². The van der Waals surface area contributed by atoms with Crippen molar-refractivity contribution in [3.63, 3.8) is 0 Å². The van der Waals surface area contributed by atoms with Crippen LogP contribution >= 0.6 is 0 Å². The van der Waals surface area contributed by atoms with Crippen molar-refractivity contribution in [2.45, 2.75) is 11.8 Å². The first kappa shape index (κ1) is 25.3. The number of rotatable bonds is 11. The Kier molecular flexibility index (Phi) is 8.10. The molecule has 0 fully saturated rings. The van der Waals surface area contributed by atoms with E-state index in [1.165, 1.54) is 44.7 Å². The van der Waals surface area contributed by atoms with Crippen LogP contribution in [-0.4, -0.2) is 40.4 Å². The number of nitrogens with one attached hydrogen (secondary N) is 2. The molecule has 0 saturated heterocycles. The number of sulfonamides is 1. The third-order valence-electron chi connectivity index (χ3n) is 4.69. The van der Waals surface area contributed by atoms with Crippen LogP contribution in [0.3, 0.4) is 0 Å². The molecule has 11 nitrogen and oxygen atoms in total. The van der Waals surface area contributed by atoms with Gasteiger partial charge in [-0.15, -0.1) is 0 Å². The second kappa shape index (κ2) is 11.2. The number of ether oxygens (including phenoxy) is 3. The van der Waals surface area contributed by atoms with E-state index < -0.39 is 14.9 Å². The minimum atomic E-state index is -4.21. The molecule has 2 N–H and O–H groups in total. The van der Waals surface area contributed by atoms with Crippen molar-refractivity contribution in [2.75, 3.05) is 31.0 Å². The summed E-state index contributed by atoms with van der Waals surface area (Å²) in [5.41, 5.74) is 3.23. The highest BCUT2D eigenvalue weighted by Crippen LogP contribution is 2.30. The summed E-state index contributed by atoms with van der Waals surface area (Å²) in [5.74, 6) is 1.64. The van der Waals surface area contributed by atoms with Crippen LogP contribution in [0.1, 0.15) is 12.5 Å². The van der Waals surface area contributed by atoms with E-state index in [1.54, 1.807) is 30.3 Å². The summed E-state index contributed by atoms with van der Waals surface area (Å²) in [6, 6.07) is 14.8. The summed E-state index contributed by atoms with van der Waals surface area (Å²) < 4.78 is 44.4. The first-order chi connectivity index (χ1) is 16.8. The van der Waals surface area contributed by atoms with E-state index in [9.17, 15) is 18.5 Å². The Morgan fingerprint density at radius 2 is 1.74 bits per heavy atom. The van der Waals surface area contributed by atoms with Crippen LogP contribution in [0.4, 0.5) is 17.1 Å². The van der Waals surface area contributed by atoms with Crippen LogP contribution in [0.15, 0.2) is 70.7 Å². The summed E-state index contributed by atoms with van der Waals surface area (Å²) in [5, 5.41) is 15.3. The predicted octanol–water partition coefficient (Wildman–Crippen LogP) is 4.26. The molecule has 0 amide bonds. The van der Waals surface area contributed by atoms with Gasteiger partial charge in [-0.2, -0.15) is 5.10 Å². The highest BCUT2D eigenvalue weighted by molar-refractivity contribution is 7.92. The number of nitro benzene ring substituents is 1. The van der Waals surface area contributed by atoms with Crippen LogP contribution in [-0.2, 0) is 10.0 Å². The van der Waals surface area contributed by atoms with E-state index in [1.807, 2.05) is 6.92 Å². The number of benzene rings is 3. The van der Waals surface area contributed by atoms with Crippen molar-refractivity contribution in [2.24, 2.45) is 5.10 Å². The lowest BCUT2D eigenvalue weighted by Crippen LogP contribution is -2.15. The van der Waals surface area contributed by atoms with Gasteiger partial charge in [0.25, 0.3) is 15.7 Å². The smallest absolute Gasteiger partial charge is 0.270 e. The monoisotopic (exact) mass is 500 g/mol.